The van der Waals surface area contributed by atoms with Gasteiger partial charge in [-0.3, -0.25) is 9.59 Å². The third-order valence-corrected chi connectivity index (χ3v) is 5.67. The molecule has 0 radical (unpaired) electrons. The Bertz CT molecular complexity index is 450. The lowest BCUT2D eigenvalue weighted by Gasteiger charge is -2.48. The molecule has 0 amide bonds. The summed E-state index contributed by atoms with van der Waals surface area (Å²) in [5.74, 6) is -0.917. The maximum Gasteiger partial charge on any atom is 0.326 e. The SMILES string of the molecule is CC(C)CC1(CC(C)C)C(=O)OC(C)(C2CCCCC2C)OC1=O. The third-order valence-electron chi connectivity index (χ3n) is 5.67. The Morgan fingerprint density at radius 3 is 1.83 bits per heavy atom. The van der Waals surface area contributed by atoms with Gasteiger partial charge in [-0.1, -0.05) is 53.9 Å². The highest BCUT2D eigenvalue weighted by Gasteiger charge is 2.60. The molecule has 1 saturated carbocycles. The first-order valence-electron chi connectivity index (χ1n) is 9.57. The zero-order chi connectivity index (χ0) is 18.1. The van der Waals surface area contributed by atoms with Crippen LogP contribution in [0.3, 0.4) is 0 Å². The number of carbonyl (C=O) groups is 2. The molecule has 24 heavy (non-hydrogen) atoms. The molecule has 2 unspecified atom stereocenters. The summed E-state index contributed by atoms with van der Waals surface area (Å²) >= 11 is 0. The minimum Gasteiger partial charge on any atom is -0.422 e. The average Bonchev–Trinajstić information content (AvgIpc) is 2.44. The summed E-state index contributed by atoms with van der Waals surface area (Å²) in [5, 5.41) is 0. The van der Waals surface area contributed by atoms with Crippen LogP contribution in [0.15, 0.2) is 0 Å². The second-order valence-electron chi connectivity index (χ2n) is 8.94. The van der Waals surface area contributed by atoms with E-state index in [0.717, 1.165) is 19.3 Å². The van der Waals surface area contributed by atoms with Crippen LogP contribution < -0.4 is 0 Å². The normalized spacial score (nSPS) is 29.5. The van der Waals surface area contributed by atoms with E-state index in [0.29, 0.717) is 18.8 Å². The van der Waals surface area contributed by atoms with Gasteiger partial charge in [0.15, 0.2) is 5.41 Å². The van der Waals surface area contributed by atoms with Crippen LogP contribution in [-0.2, 0) is 19.1 Å². The van der Waals surface area contributed by atoms with E-state index in [1.165, 1.54) is 6.42 Å². The fourth-order valence-electron chi connectivity index (χ4n) is 4.72. The summed E-state index contributed by atoms with van der Waals surface area (Å²) in [6.07, 6.45) is 5.31. The second kappa shape index (κ2) is 7.05. The van der Waals surface area contributed by atoms with E-state index in [1.54, 1.807) is 6.92 Å². The number of esters is 2. The molecule has 2 rings (SSSR count). The van der Waals surface area contributed by atoms with Crippen LogP contribution in [-0.4, -0.2) is 17.7 Å². The quantitative estimate of drug-likeness (QED) is 0.538. The Balaban J connectivity index is 2.29. The maximum absolute atomic E-state index is 13.0. The molecule has 2 aliphatic rings. The highest BCUT2D eigenvalue weighted by atomic mass is 16.7. The Kier molecular flexibility index (Phi) is 5.66. The van der Waals surface area contributed by atoms with Crippen molar-refractivity contribution in [2.45, 2.75) is 85.9 Å². The minimum absolute atomic E-state index is 0.0928. The highest BCUT2D eigenvalue weighted by molar-refractivity contribution is 6.01. The topological polar surface area (TPSA) is 52.6 Å². The highest BCUT2D eigenvalue weighted by Crippen LogP contribution is 2.48. The molecular weight excluding hydrogens is 304 g/mol. The predicted molar refractivity (Wildman–Crippen MR) is 93.1 cm³/mol. The Morgan fingerprint density at radius 1 is 0.958 bits per heavy atom. The average molecular weight is 338 g/mol. The van der Waals surface area contributed by atoms with Gasteiger partial charge in [-0.2, -0.15) is 0 Å². The monoisotopic (exact) mass is 338 g/mol. The van der Waals surface area contributed by atoms with Crippen molar-refractivity contribution in [3.8, 4) is 0 Å². The molecule has 4 nitrogen and oxygen atoms in total. The van der Waals surface area contributed by atoms with Crippen molar-refractivity contribution in [2.75, 3.05) is 0 Å². The van der Waals surface area contributed by atoms with Gasteiger partial charge in [0.1, 0.15) is 0 Å². The number of cyclic esters (lactones) is 2. The summed E-state index contributed by atoms with van der Waals surface area (Å²) in [7, 11) is 0. The standard InChI is InChI=1S/C20H34O4/c1-13(2)11-20(12-14(3)4)17(21)23-19(6,24-18(20)22)16-10-8-7-9-15(16)5/h13-16H,7-12H2,1-6H3. The van der Waals surface area contributed by atoms with Crippen molar-refractivity contribution in [1.29, 1.82) is 0 Å². The van der Waals surface area contributed by atoms with Crippen molar-refractivity contribution in [3.05, 3.63) is 0 Å². The molecule has 0 spiro atoms. The maximum atomic E-state index is 13.0. The molecular formula is C20H34O4. The molecule has 4 heteroatoms. The molecule has 2 atom stereocenters. The van der Waals surface area contributed by atoms with E-state index >= 15 is 0 Å². The summed E-state index contributed by atoms with van der Waals surface area (Å²) in [5.41, 5.74) is -1.14. The smallest absolute Gasteiger partial charge is 0.326 e. The van der Waals surface area contributed by atoms with Gasteiger partial charge in [-0.25, -0.2) is 0 Å². The van der Waals surface area contributed by atoms with Crippen molar-refractivity contribution in [2.24, 2.45) is 29.1 Å². The van der Waals surface area contributed by atoms with Gasteiger partial charge in [-0.05, 0) is 37.0 Å². The van der Waals surface area contributed by atoms with Crippen LogP contribution in [0.2, 0.25) is 0 Å². The van der Waals surface area contributed by atoms with E-state index < -0.39 is 11.2 Å². The largest absolute Gasteiger partial charge is 0.422 e. The van der Waals surface area contributed by atoms with Crippen molar-refractivity contribution >= 4 is 11.9 Å². The minimum atomic E-state index is -1.14. The third kappa shape index (κ3) is 3.62. The van der Waals surface area contributed by atoms with Crippen LogP contribution in [0, 0.1) is 29.1 Å². The lowest BCUT2D eigenvalue weighted by molar-refractivity contribution is -0.282. The Morgan fingerprint density at radius 2 is 1.42 bits per heavy atom. The number of rotatable bonds is 5. The van der Waals surface area contributed by atoms with Crippen molar-refractivity contribution in [3.63, 3.8) is 0 Å². The first kappa shape index (κ1) is 19.3. The first-order valence-corrected chi connectivity index (χ1v) is 9.57. The number of hydrogen-bond acceptors (Lipinski definition) is 4. The summed E-state index contributed by atoms with van der Waals surface area (Å²) < 4.78 is 11.8. The summed E-state index contributed by atoms with van der Waals surface area (Å²) in [6, 6.07) is 0. The van der Waals surface area contributed by atoms with Crippen LogP contribution in [0.4, 0.5) is 0 Å². The lowest BCUT2D eigenvalue weighted by Crippen LogP contribution is -2.59. The molecule has 2 fully saturated rings. The summed E-state index contributed by atoms with van der Waals surface area (Å²) in [6.45, 7) is 12.1. The van der Waals surface area contributed by atoms with Crippen LogP contribution in [0.1, 0.15) is 80.1 Å². The van der Waals surface area contributed by atoms with E-state index in [9.17, 15) is 9.59 Å². The zero-order valence-corrected chi connectivity index (χ0v) is 16.2. The van der Waals surface area contributed by atoms with Gasteiger partial charge < -0.3 is 9.47 Å². The van der Waals surface area contributed by atoms with Gasteiger partial charge in [0, 0.05) is 12.8 Å². The van der Waals surface area contributed by atoms with Crippen LogP contribution >= 0.6 is 0 Å². The van der Waals surface area contributed by atoms with Gasteiger partial charge in [0.05, 0.1) is 0 Å². The molecule has 0 aromatic carbocycles. The van der Waals surface area contributed by atoms with E-state index in [2.05, 4.69) is 6.92 Å². The first-order chi connectivity index (χ1) is 11.1. The van der Waals surface area contributed by atoms with E-state index in [1.807, 2.05) is 27.7 Å². The van der Waals surface area contributed by atoms with Crippen LogP contribution in [0.5, 0.6) is 0 Å². The number of carbonyl (C=O) groups excluding carboxylic acids is 2. The molecule has 1 saturated heterocycles. The Labute approximate surface area is 146 Å². The van der Waals surface area contributed by atoms with Crippen LogP contribution in [0.25, 0.3) is 0 Å². The molecule has 0 N–H and O–H groups in total. The fourth-order valence-corrected chi connectivity index (χ4v) is 4.72. The van der Waals surface area contributed by atoms with Gasteiger partial charge in [0.2, 0.25) is 0 Å². The molecule has 1 heterocycles. The van der Waals surface area contributed by atoms with E-state index in [-0.39, 0.29) is 29.7 Å². The lowest BCUT2D eigenvalue weighted by atomic mass is 9.71. The fraction of sp³-hybridized carbons (Fsp3) is 0.900. The summed E-state index contributed by atoms with van der Waals surface area (Å²) in [4.78, 5) is 26.1. The molecule has 138 valence electrons. The Hall–Kier alpha value is -1.06. The van der Waals surface area contributed by atoms with Gasteiger partial charge in [-0.15, -0.1) is 0 Å². The van der Waals surface area contributed by atoms with Gasteiger partial charge in [0.25, 0.3) is 5.79 Å². The van der Waals surface area contributed by atoms with Crippen molar-refractivity contribution < 1.29 is 19.1 Å². The molecule has 0 aromatic heterocycles. The number of hydrogen-bond donors (Lipinski definition) is 0. The molecule has 0 bridgehead atoms. The molecule has 0 aromatic rings. The molecule has 1 aliphatic heterocycles. The second-order valence-corrected chi connectivity index (χ2v) is 8.94. The predicted octanol–water partition coefficient (Wildman–Crippen LogP) is 4.71. The zero-order valence-electron chi connectivity index (χ0n) is 16.2. The molecule has 1 aliphatic carbocycles. The van der Waals surface area contributed by atoms with Gasteiger partial charge >= 0.3 is 11.9 Å². The van der Waals surface area contributed by atoms with E-state index in [4.69, 9.17) is 9.47 Å². The number of ether oxygens (including phenoxy) is 2. The van der Waals surface area contributed by atoms with Crippen molar-refractivity contribution in [1.82, 2.24) is 0 Å².